The lowest BCUT2D eigenvalue weighted by Crippen LogP contribution is -2.27. The van der Waals surface area contributed by atoms with E-state index >= 15 is 0 Å². The van der Waals surface area contributed by atoms with Gasteiger partial charge in [0.1, 0.15) is 17.7 Å². The summed E-state index contributed by atoms with van der Waals surface area (Å²) in [5, 5.41) is 6.72. The van der Waals surface area contributed by atoms with E-state index in [2.05, 4.69) is 54.7 Å². The molecule has 3 rings (SSSR count). The number of carbonyl (C=O) groups is 2. The minimum atomic E-state index is -0.378. The first-order valence-corrected chi connectivity index (χ1v) is 11.3. The smallest absolute Gasteiger partial charge is 0.270 e. The number of rotatable bonds is 7. The van der Waals surface area contributed by atoms with E-state index in [4.69, 9.17) is 0 Å². The number of carbonyl (C=O) groups excluding carboxylic acids is 2. The van der Waals surface area contributed by atoms with Crippen LogP contribution in [0.3, 0.4) is 0 Å². The van der Waals surface area contributed by atoms with Gasteiger partial charge in [-0.3, -0.25) is 9.59 Å². The van der Waals surface area contributed by atoms with Crippen molar-refractivity contribution in [2.45, 2.75) is 40.3 Å². The summed E-state index contributed by atoms with van der Waals surface area (Å²) in [6.07, 6.45) is 2.11. The maximum atomic E-state index is 12.6. The van der Waals surface area contributed by atoms with Crippen molar-refractivity contribution in [3.8, 4) is 11.8 Å². The van der Waals surface area contributed by atoms with E-state index in [-0.39, 0.29) is 23.2 Å². The molecule has 2 amide bonds. The number of nitrogens with zero attached hydrogens (tertiary/aromatic N) is 2. The summed E-state index contributed by atoms with van der Waals surface area (Å²) in [6.45, 7) is 6.63. The van der Waals surface area contributed by atoms with Crippen molar-refractivity contribution in [1.82, 2.24) is 20.6 Å². The molecular formula is C26H27N4O2P. The van der Waals surface area contributed by atoms with Gasteiger partial charge in [0.2, 0.25) is 0 Å². The van der Waals surface area contributed by atoms with Gasteiger partial charge < -0.3 is 10.6 Å². The molecule has 0 fully saturated rings. The molecule has 6 nitrogen and oxygen atoms in total. The Morgan fingerprint density at radius 3 is 2.30 bits per heavy atom. The molecule has 168 valence electrons. The summed E-state index contributed by atoms with van der Waals surface area (Å²) in [4.78, 5) is 33.3. The maximum absolute atomic E-state index is 12.6. The molecule has 0 aliphatic rings. The van der Waals surface area contributed by atoms with Gasteiger partial charge in [0.15, 0.2) is 0 Å². The molecule has 1 aromatic heterocycles. The van der Waals surface area contributed by atoms with Crippen molar-refractivity contribution in [1.29, 1.82) is 0 Å². The molecule has 2 N–H and O–H groups in total. The lowest BCUT2D eigenvalue weighted by Gasteiger charge is -2.11. The zero-order chi connectivity index (χ0) is 23.8. The van der Waals surface area contributed by atoms with Gasteiger partial charge in [0.25, 0.3) is 11.8 Å². The zero-order valence-corrected chi connectivity index (χ0v) is 20.2. The minimum Gasteiger partial charge on any atom is -0.347 e. The van der Waals surface area contributed by atoms with E-state index in [1.165, 1.54) is 23.5 Å². The predicted octanol–water partition coefficient (Wildman–Crippen LogP) is 3.08. The summed E-state index contributed by atoms with van der Waals surface area (Å²) >= 11 is 0. The van der Waals surface area contributed by atoms with Gasteiger partial charge in [-0.25, -0.2) is 9.97 Å². The fourth-order valence-electron chi connectivity index (χ4n) is 3.36. The maximum Gasteiger partial charge on any atom is 0.270 e. The van der Waals surface area contributed by atoms with Crippen molar-refractivity contribution in [3.05, 3.63) is 88.0 Å². The molecule has 0 aliphatic heterocycles. The molecule has 1 unspecified atom stereocenters. The van der Waals surface area contributed by atoms with Crippen molar-refractivity contribution in [3.63, 3.8) is 0 Å². The zero-order valence-electron chi connectivity index (χ0n) is 19.0. The number of hydrogen-bond donors (Lipinski definition) is 2. The molecule has 3 aromatic rings. The van der Waals surface area contributed by atoms with Crippen molar-refractivity contribution in [2.75, 3.05) is 0 Å². The lowest BCUT2D eigenvalue weighted by atomic mass is 10.0. The Kier molecular flexibility index (Phi) is 8.29. The second-order valence-corrected chi connectivity index (χ2v) is 8.20. The van der Waals surface area contributed by atoms with Crippen molar-refractivity contribution < 1.29 is 9.59 Å². The van der Waals surface area contributed by atoms with E-state index < -0.39 is 0 Å². The summed E-state index contributed by atoms with van der Waals surface area (Å²) in [7, 11) is 2.65. The second-order valence-electron chi connectivity index (χ2n) is 7.58. The van der Waals surface area contributed by atoms with E-state index in [0.29, 0.717) is 13.1 Å². The van der Waals surface area contributed by atoms with Crippen LogP contribution in [0.5, 0.6) is 0 Å². The predicted molar refractivity (Wildman–Crippen MR) is 133 cm³/mol. The second kappa shape index (κ2) is 11.4. The number of benzene rings is 2. The third-order valence-corrected chi connectivity index (χ3v) is 5.65. The van der Waals surface area contributed by atoms with Crippen molar-refractivity contribution >= 4 is 26.4 Å². The fourth-order valence-corrected chi connectivity index (χ4v) is 3.61. The first kappa shape index (κ1) is 24.1. The highest BCUT2D eigenvalue weighted by Crippen LogP contribution is 2.13. The average molecular weight is 459 g/mol. The van der Waals surface area contributed by atoms with Gasteiger partial charge >= 0.3 is 0 Å². The van der Waals surface area contributed by atoms with Crippen LogP contribution in [0.15, 0.2) is 48.8 Å². The third kappa shape index (κ3) is 6.47. The third-order valence-electron chi connectivity index (χ3n) is 5.14. The first-order chi connectivity index (χ1) is 15.9. The van der Waals surface area contributed by atoms with Crippen LogP contribution in [0.2, 0.25) is 0 Å². The molecule has 1 atom stereocenters. The van der Waals surface area contributed by atoms with Crippen LogP contribution >= 0.6 is 9.24 Å². The van der Waals surface area contributed by atoms with Gasteiger partial charge in [-0.1, -0.05) is 48.7 Å². The van der Waals surface area contributed by atoms with E-state index in [1.807, 2.05) is 37.3 Å². The summed E-state index contributed by atoms with van der Waals surface area (Å²) in [6, 6.07) is 13.4. The van der Waals surface area contributed by atoms with Gasteiger partial charge in [0.05, 0.1) is 0 Å². The monoisotopic (exact) mass is 458 g/mol. The van der Waals surface area contributed by atoms with E-state index in [0.717, 1.165) is 28.4 Å². The normalized spacial score (nSPS) is 10.2. The van der Waals surface area contributed by atoms with Crippen LogP contribution in [0.4, 0.5) is 0 Å². The SMILES string of the molecule is CC#Cc1cc(CNC(=O)c2cc(C(=O)NCc3ccc(C)cc3CC)ncn2)ccc1P. The molecule has 0 saturated heterocycles. The molecule has 0 radical (unpaired) electrons. The number of aromatic nitrogens is 2. The Morgan fingerprint density at radius 1 is 0.939 bits per heavy atom. The number of amides is 2. The van der Waals surface area contributed by atoms with Crippen LogP contribution in [-0.2, 0) is 19.5 Å². The van der Waals surface area contributed by atoms with Crippen LogP contribution in [0, 0.1) is 18.8 Å². The molecule has 1 heterocycles. The van der Waals surface area contributed by atoms with Crippen molar-refractivity contribution in [2.24, 2.45) is 0 Å². The summed E-state index contributed by atoms with van der Waals surface area (Å²) in [5.41, 5.74) is 5.55. The van der Waals surface area contributed by atoms with Gasteiger partial charge in [-0.05, 0) is 48.3 Å². The number of aryl methyl sites for hydroxylation is 2. The van der Waals surface area contributed by atoms with Gasteiger partial charge in [0, 0.05) is 24.7 Å². The van der Waals surface area contributed by atoms with Crippen LogP contribution in [0.1, 0.15) is 62.6 Å². The highest BCUT2D eigenvalue weighted by Gasteiger charge is 2.14. The lowest BCUT2D eigenvalue weighted by molar-refractivity contribution is 0.0944. The van der Waals surface area contributed by atoms with Gasteiger partial charge in [-0.2, -0.15) is 0 Å². The molecular weight excluding hydrogens is 431 g/mol. The first-order valence-electron chi connectivity index (χ1n) is 10.7. The largest absolute Gasteiger partial charge is 0.347 e. The number of nitrogens with one attached hydrogen (secondary N) is 2. The minimum absolute atomic E-state index is 0.135. The van der Waals surface area contributed by atoms with E-state index in [9.17, 15) is 9.59 Å². The standard InChI is InChI=1S/C26H27N4O2P/c1-4-6-20-12-18(8-10-24(20)33)14-27-25(31)22-13-23(30-16-29-22)26(32)28-15-21-9-7-17(3)11-19(21)5-2/h7-13,16H,5,14-15,33H2,1-3H3,(H,27,31)(H,28,32). The Morgan fingerprint density at radius 2 is 1.64 bits per heavy atom. The van der Waals surface area contributed by atoms with Crippen LogP contribution < -0.4 is 15.9 Å². The quantitative estimate of drug-likeness (QED) is 0.421. The molecule has 33 heavy (non-hydrogen) atoms. The summed E-state index contributed by atoms with van der Waals surface area (Å²) in [5.74, 6) is 5.19. The van der Waals surface area contributed by atoms with Crippen LogP contribution in [0.25, 0.3) is 0 Å². The molecule has 0 spiro atoms. The summed E-state index contributed by atoms with van der Waals surface area (Å²) < 4.78 is 0. The van der Waals surface area contributed by atoms with E-state index in [1.54, 1.807) is 6.92 Å². The van der Waals surface area contributed by atoms with Crippen LogP contribution in [-0.4, -0.2) is 21.8 Å². The highest BCUT2D eigenvalue weighted by atomic mass is 31.0. The molecule has 0 saturated carbocycles. The Bertz CT molecular complexity index is 1240. The van der Waals surface area contributed by atoms with Gasteiger partial charge in [-0.15, -0.1) is 15.2 Å². The molecule has 0 bridgehead atoms. The molecule has 0 aliphatic carbocycles. The number of hydrogen-bond acceptors (Lipinski definition) is 4. The molecule has 2 aromatic carbocycles. The molecule has 7 heteroatoms. The highest BCUT2D eigenvalue weighted by molar-refractivity contribution is 7.27. The topological polar surface area (TPSA) is 84.0 Å². The fraction of sp³-hybridized carbons (Fsp3) is 0.231. The Hall–Kier alpha value is -3.55. The Labute approximate surface area is 196 Å². The Balaban J connectivity index is 1.64. The average Bonchev–Trinajstić information content (AvgIpc) is 2.83.